The maximum absolute atomic E-state index is 9.10. The smallest absolute Gasteiger partial charge is 0.214 e. The maximum Gasteiger partial charge on any atom is 0.214 e. The molecule has 2 heterocycles. The summed E-state index contributed by atoms with van der Waals surface area (Å²) in [6, 6.07) is 8.21. The lowest BCUT2D eigenvalue weighted by molar-refractivity contribution is 0.216. The van der Waals surface area contributed by atoms with Crippen molar-refractivity contribution >= 4 is 5.82 Å². The number of anilines is 1. The summed E-state index contributed by atoms with van der Waals surface area (Å²) < 4.78 is 5.15. The third-order valence-corrected chi connectivity index (χ3v) is 3.53. The molecule has 1 aromatic heterocycles. The van der Waals surface area contributed by atoms with Gasteiger partial charge in [0.1, 0.15) is 5.82 Å². The Bertz CT molecular complexity index is 449. The first-order valence-corrected chi connectivity index (χ1v) is 6.68. The summed E-state index contributed by atoms with van der Waals surface area (Å²) in [4.78, 5) is 8.93. The first-order valence-electron chi connectivity index (χ1n) is 6.68. The Hall–Kier alpha value is -1.80. The van der Waals surface area contributed by atoms with Crippen LogP contribution >= 0.6 is 0 Å². The maximum atomic E-state index is 9.10. The molecule has 5 nitrogen and oxygen atoms in total. The molecule has 0 N–H and O–H groups in total. The normalized spacial score (nSPS) is 17.8. The van der Waals surface area contributed by atoms with E-state index < -0.39 is 0 Å². The van der Waals surface area contributed by atoms with Gasteiger partial charge in [-0.25, -0.2) is 0 Å². The van der Waals surface area contributed by atoms with Gasteiger partial charge in [-0.3, -0.25) is 4.90 Å². The Kier molecular flexibility index (Phi) is 4.58. The van der Waals surface area contributed by atoms with E-state index in [1.54, 1.807) is 7.11 Å². The zero-order valence-electron chi connectivity index (χ0n) is 11.5. The van der Waals surface area contributed by atoms with Crippen molar-refractivity contribution in [3.8, 4) is 11.9 Å². The Morgan fingerprint density at radius 1 is 1.37 bits per heavy atom. The average Bonchev–Trinajstić information content (AvgIpc) is 2.49. The molecule has 1 aliphatic heterocycles. The van der Waals surface area contributed by atoms with Crippen molar-refractivity contribution in [3.63, 3.8) is 0 Å². The summed E-state index contributed by atoms with van der Waals surface area (Å²) >= 11 is 0. The fourth-order valence-corrected chi connectivity index (χ4v) is 2.39. The van der Waals surface area contributed by atoms with Crippen molar-refractivity contribution in [2.75, 3.05) is 38.2 Å². The molecule has 0 bridgehead atoms. The zero-order valence-corrected chi connectivity index (χ0v) is 11.5. The third kappa shape index (κ3) is 3.15. The van der Waals surface area contributed by atoms with E-state index in [0.717, 1.165) is 38.4 Å². The number of piperazine rings is 1. The average molecular weight is 260 g/mol. The molecule has 1 aliphatic rings. The second-order valence-corrected chi connectivity index (χ2v) is 4.61. The van der Waals surface area contributed by atoms with Crippen LogP contribution in [0.25, 0.3) is 0 Å². The van der Waals surface area contributed by atoms with E-state index in [1.807, 2.05) is 18.2 Å². The molecule has 1 unspecified atom stereocenters. The largest absolute Gasteiger partial charge is 0.481 e. The minimum atomic E-state index is 0.0421. The molecule has 1 saturated heterocycles. The molecular formula is C14H20N4O. The fraction of sp³-hybridized carbons (Fsp3) is 0.571. The fourth-order valence-electron chi connectivity index (χ4n) is 2.39. The molecule has 0 aliphatic carbocycles. The van der Waals surface area contributed by atoms with Crippen molar-refractivity contribution in [1.29, 1.82) is 5.26 Å². The molecule has 0 spiro atoms. The van der Waals surface area contributed by atoms with Crippen molar-refractivity contribution in [1.82, 2.24) is 9.88 Å². The molecule has 102 valence electrons. The van der Waals surface area contributed by atoms with E-state index in [0.29, 0.717) is 5.88 Å². The highest BCUT2D eigenvalue weighted by Gasteiger charge is 2.23. The molecule has 0 amide bonds. The highest BCUT2D eigenvalue weighted by Crippen LogP contribution is 2.18. The Labute approximate surface area is 114 Å². The Morgan fingerprint density at radius 2 is 2.11 bits per heavy atom. The first kappa shape index (κ1) is 13.6. The summed E-state index contributed by atoms with van der Waals surface area (Å²) in [6.07, 6.45) is 0.883. The van der Waals surface area contributed by atoms with Crippen molar-refractivity contribution < 1.29 is 4.74 Å². The molecule has 0 aromatic carbocycles. The highest BCUT2D eigenvalue weighted by atomic mass is 16.5. The van der Waals surface area contributed by atoms with Gasteiger partial charge in [-0.1, -0.05) is 13.0 Å². The second kappa shape index (κ2) is 6.39. The van der Waals surface area contributed by atoms with E-state index in [1.165, 1.54) is 0 Å². The minimum absolute atomic E-state index is 0.0421. The molecule has 0 radical (unpaired) electrons. The van der Waals surface area contributed by atoms with Crippen LogP contribution in [-0.2, 0) is 0 Å². The number of hydrogen-bond donors (Lipinski definition) is 0. The third-order valence-electron chi connectivity index (χ3n) is 3.53. The van der Waals surface area contributed by atoms with E-state index >= 15 is 0 Å². The van der Waals surface area contributed by atoms with Gasteiger partial charge >= 0.3 is 0 Å². The predicted octanol–water partition coefficient (Wildman–Crippen LogP) is 1.51. The zero-order chi connectivity index (χ0) is 13.7. The van der Waals surface area contributed by atoms with Crippen LogP contribution < -0.4 is 9.64 Å². The number of nitriles is 1. The number of nitrogens with zero attached hydrogens (tertiary/aromatic N) is 4. The van der Waals surface area contributed by atoms with Crippen LogP contribution in [0.2, 0.25) is 0 Å². The van der Waals surface area contributed by atoms with Crippen molar-refractivity contribution in [3.05, 3.63) is 18.2 Å². The van der Waals surface area contributed by atoms with E-state index in [2.05, 4.69) is 27.8 Å². The molecule has 1 atom stereocenters. The number of pyridine rings is 1. The van der Waals surface area contributed by atoms with Crippen LogP contribution in [-0.4, -0.2) is 49.2 Å². The van der Waals surface area contributed by atoms with Gasteiger partial charge < -0.3 is 9.64 Å². The number of aromatic nitrogens is 1. The monoisotopic (exact) mass is 260 g/mol. The van der Waals surface area contributed by atoms with E-state index in [4.69, 9.17) is 10.00 Å². The van der Waals surface area contributed by atoms with Crippen molar-refractivity contribution in [2.45, 2.75) is 19.4 Å². The SMILES string of the molecule is CCC(C#N)N1CCN(c2cccc(OC)n2)CC1. The summed E-state index contributed by atoms with van der Waals surface area (Å²) in [5, 5.41) is 9.10. The molecule has 5 heteroatoms. The van der Waals surface area contributed by atoms with Crippen molar-refractivity contribution in [2.24, 2.45) is 0 Å². The molecule has 2 rings (SSSR count). The lowest BCUT2D eigenvalue weighted by Crippen LogP contribution is -2.50. The standard InChI is InChI=1S/C14H20N4O/c1-3-12(11-15)17-7-9-18(10-8-17)13-5-4-6-14(16-13)19-2/h4-6,12H,3,7-10H2,1-2H3. The van der Waals surface area contributed by atoms with Crippen LogP contribution in [0.15, 0.2) is 18.2 Å². The molecule has 1 fully saturated rings. The molecular weight excluding hydrogens is 240 g/mol. The van der Waals surface area contributed by atoms with Crippen LogP contribution in [0.5, 0.6) is 5.88 Å². The molecule has 1 aromatic rings. The Balaban J connectivity index is 1.98. The number of hydrogen-bond acceptors (Lipinski definition) is 5. The van der Waals surface area contributed by atoms with Crippen LogP contribution in [0, 0.1) is 11.3 Å². The van der Waals surface area contributed by atoms with Gasteiger partial charge in [0.2, 0.25) is 5.88 Å². The number of ether oxygens (including phenoxy) is 1. The predicted molar refractivity (Wildman–Crippen MR) is 74.3 cm³/mol. The second-order valence-electron chi connectivity index (χ2n) is 4.61. The quantitative estimate of drug-likeness (QED) is 0.821. The lowest BCUT2D eigenvalue weighted by Gasteiger charge is -2.37. The molecule has 19 heavy (non-hydrogen) atoms. The number of methoxy groups -OCH3 is 1. The number of rotatable bonds is 4. The summed E-state index contributed by atoms with van der Waals surface area (Å²) in [5.74, 6) is 1.59. The van der Waals surface area contributed by atoms with E-state index in [-0.39, 0.29) is 6.04 Å². The van der Waals surface area contributed by atoms with E-state index in [9.17, 15) is 0 Å². The van der Waals surface area contributed by atoms with Gasteiger partial charge in [0.25, 0.3) is 0 Å². The van der Waals surface area contributed by atoms with Gasteiger partial charge in [0, 0.05) is 32.2 Å². The van der Waals surface area contributed by atoms with Crippen LogP contribution in [0.1, 0.15) is 13.3 Å². The van der Waals surface area contributed by atoms with Gasteiger partial charge in [-0.05, 0) is 12.5 Å². The minimum Gasteiger partial charge on any atom is -0.481 e. The molecule has 0 saturated carbocycles. The Morgan fingerprint density at radius 3 is 2.68 bits per heavy atom. The van der Waals surface area contributed by atoms with Crippen LogP contribution in [0.4, 0.5) is 5.82 Å². The van der Waals surface area contributed by atoms with Crippen LogP contribution in [0.3, 0.4) is 0 Å². The summed E-state index contributed by atoms with van der Waals surface area (Å²) in [7, 11) is 1.63. The summed E-state index contributed by atoms with van der Waals surface area (Å²) in [6.45, 7) is 5.68. The first-order chi connectivity index (χ1) is 9.28. The topological polar surface area (TPSA) is 52.4 Å². The van der Waals surface area contributed by atoms with Gasteiger partial charge in [-0.15, -0.1) is 0 Å². The highest BCUT2D eigenvalue weighted by molar-refractivity contribution is 5.41. The lowest BCUT2D eigenvalue weighted by atomic mass is 10.2. The van der Waals surface area contributed by atoms with Gasteiger partial charge in [-0.2, -0.15) is 10.2 Å². The van der Waals surface area contributed by atoms with Gasteiger partial charge in [0.15, 0.2) is 0 Å². The summed E-state index contributed by atoms with van der Waals surface area (Å²) in [5.41, 5.74) is 0. The van der Waals surface area contributed by atoms with Gasteiger partial charge in [0.05, 0.1) is 19.2 Å².